The van der Waals surface area contributed by atoms with Gasteiger partial charge in [-0.3, -0.25) is 14.5 Å². The second-order valence-electron chi connectivity index (χ2n) is 6.09. The van der Waals surface area contributed by atoms with Crippen LogP contribution in [-0.4, -0.2) is 30.6 Å². The number of carbonyl (C=O) groups is 1. The van der Waals surface area contributed by atoms with Crippen molar-refractivity contribution >= 4 is 5.91 Å². The van der Waals surface area contributed by atoms with Crippen molar-refractivity contribution in [3.05, 3.63) is 59.4 Å². The first-order chi connectivity index (χ1) is 12.6. The third-order valence-electron chi connectivity index (χ3n) is 4.23. The molecule has 0 atom stereocenters. The molecule has 0 radical (unpaired) electrons. The first kappa shape index (κ1) is 17.7. The number of rotatable bonds is 6. The molecule has 0 unspecified atom stereocenters. The summed E-state index contributed by atoms with van der Waals surface area (Å²) in [5, 5.41) is 7.46. The molecule has 0 saturated heterocycles. The van der Waals surface area contributed by atoms with E-state index in [4.69, 9.17) is 0 Å². The van der Waals surface area contributed by atoms with Crippen molar-refractivity contribution in [1.82, 2.24) is 30.0 Å². The van der Waals surface area contributed by atoms with Crippen LogP contribution in [0.4, 0.5) is 0 Å². The van der Waals surface area contributed by atoms with Gasteiger partial charge in [0.15, 0.2) is 5.82 Å². The highest BCUT2D eigenvalue weighted by molar-refractivity contribution is 5.93. The van der Waals surface area contributed by atoms with Crippen LogP contribution in [0.15, 0.2) is 36.9 Å². The van der Waals surface area contributed by atoms with E-state index in [1.54, 1.807) is 12.4 Å². The molecule has 0 spiro atoms. The highest BCUT2D eigenvalue weighted by atomic mass is 16.1. The van der Waals surface area contributed by atoms with Gasteiger partial charge in [-0.15, -0.1) is 0 Å². The van der Waals surface area contributed by atoms with Crippen LogP contribution in [0.1, 0.15) is 40.7 Å². The zero-order chi connectivity index (χ0) is 18.5. The predicted octanol–water partition coefficient (Wildman–Crippen LogP) is 2.69. The summed E-state index contributed by atoms with van der Waals surface area (Å²) in [4.78, 5) is 25.0. The van der Waals surface area contributed by atoms with Crippen molar-refractivity contribution in [2.24, 2.45) is 0 Å². The lowest BCUT2D eigenvalue weighted by atomic mass is 10.2. The fraction of sp³-hybridized carbons (Fsp3) is 0.316. The number of hydrogen-bond donors (Lipinski definition) is 1. The molecule has 0 aromatic carbocycles. The van der Waals surface area contributed by atoms with Crippen LogP contribution in [0.2, 0.25) is 0 Å². The SMILES string of the molecule is CCCn1nc(C)c(CNC(=O)c2cnc(-c3cccnc3)nc2)c1C. The number of aromatic nitrogens is 5. The van der Waals surface area contributed by atoms with Crippen molar-refractivity contribution in [3.8, 4) is 11.4 Å². The largest absolute Gasteiger partial charge is 0.348 e. The van der Waals surface area contributed by atoms with Gasteiger partial charge >= 0.3 is 0 Å². The normalized spacial score (nSPS) is 10.7. The van der Waals surface area contributed by atoms with E-state index in [9.17, 15) is 4.79 Å². The molecule has 0 aliphatic rings. The topological polar surface area (TPSA) is 85.6 Å². The lowest BCUT2D eigenvalue weighted by Gasteiger charge is -2.07. The Morgan fingerprint density at radius 3 is 2.62 bits per heavy atom. The van der Waals surface area contributed by atoms with Crippen molar-refractivity contribution in [2.75, 3.05) is 0 Å². The highest BCUT2D eigenvalue weighted by Crippen LogP contribution is 2.14. The first-order valence-electron chi connectivity index (χ1n) is 8.63. The molecule has 0 bridgehead atoms. The van der Waals surface area contributed by atoms with Gasteiger partial charge in [0.25, 0.3) is 5.91 Å². The van der Waals surface area contributed by atoms with Crippen LogP contribution < -0.4 is 5.32 Å². The summed E-state index contributed by atoms with van der Waals surface area (Å²) in [6, 6.07) is 3.70. The lowest BCUT2D eigenvalue weighted by Crippen LogP contribution is -2.23. The molecule has 0 fully saturated rings. The maximum atomic E-state index is 12.4. The van der Waals surface area contributed by atoms with Crippen molar-refractivity contribution < 1.29 is 4.79 Å². The molecule has 1 amide bonds. The molecule has 3 aromatic heterocycles. The van der Waals surface area contributed by atoms with Crippen LogP contribution in [0, 0.1) is 13.8 Å². The van der Waals surface area contributed by atoms with E-state index in [1.807, 2.05) is 30.7 Å². The smallest absolute Gasteiger partial charge is 0.254 e. The molecule has 7 nitrogen and oxygen atoms in total. The maximum Gasteiger partial charge on any atom is 0.254 e. The zero-order valence-electron chi connectivity index (χ0n) is 15.2. The van der Waals surface area contributed by atoms with Crippen LogP contribution in [-0.2, 0) is 13.1 Å². The summed E-state index contributed by atoms with van der Waals surface area (Å²) >= 11 is 0. The van der Waals surface area contributed by atoms with Gasteiger partial charge in [0.05, 0.1) is 11.3 Å². The van der Waals surface area contributed by atoms with E-state index in [0.29, 0.717) is 17.9 Å². The van der Waals surface area contributed by atoms with E-state index in [2.05, 4.69) is 32.3 Å². The molecule has 3 aromatic rings. The number of pyridine rings is 1. The van der Waals surface area contributed by atoms with Crippen LogP contribution in [0.3, 0.4) is 0 Å². The summed E-state index contributed by atoms with van der Waals surface area (Å²) in [5.74, 6) is 0.340. The van der Waals surface area contributed by atoms with E-state index >= 15 is 0 Å². The van der Waals surface area contributed by atoms with Crippen LogP contribution >= 0.6 is 0 Å². The zero-order valence-corrected chi connectivity index (χ0v) is 15.2. The average molecular weight is 350 g/mol. The molecule has 7 heteroatoms. The third-order valence-corrected chi connectivity index (χ3v) is 4.23. The summed E-state index contributed by atoms with van der Waals surface area (Å²) in [5.41, 5.74) is 4.33. The number of carbonyl (C=O) groups excluding carboxylic acids is 1. The van der Waals surface area contributed by atoms with Gasteiger partial charge in [-0.1, -0.05) is 6.92 Å². The number of aryl methyl sites for hydroxylation is 2. The van der Waals surface area contributed by atoms with Gasteiger partial charge in [-0.25, -0.2) is 9.97 Å². The number of amides is 1. The minimum atomic E-state index is -0.204. The van der Waals surface area contributed by atoms with Crippen LogP contribution in [0.25, 0.3) is 11.4 Å². The first-order valence-corrected chi connectivity index (χ1v) is 8.63. The Morgan fingerprint density at radius 2 is 1.96 bits per heavy atom. The van der Waals surface area contributed by atoms with Gasteiger partial charge in [0.1, 0.15) is 0 Å². The minimum absolute atomic E-state index is 0.204. The minimum Gasteiger partial charge on any atom is -0.348 e. The van der Waals surface area contributed by atoms with Gasteiger partial charge in [-0.05, 0) is 32.4 Å². The van der Waals surface area contributed by atoms with Crippen molar-refractivity contribution in [2.45, 2.75) is 40.3 Å². The van der Waals surface area contributed by atoms with E-state index in [1.165, 1.54) is 12.4 Å². The van der Waals surface area contributed by atoms with E-state index < -0.39 is 0 Å². The van der Waals surface area contributed by atoms with Gasteiger partial charge in [-0.2, -0.15) is 5.10 Å². The van der Waals surface area contributed by atoms with E-state index in [-0.39, 0.29) is 5.91 Å². The molecular weight excluding hydrogens is 328 g/mol. The fourth-order valence-electron chi connectivity index (χ4n) is 2.78. The predicted molar refractivity (Wildman–Crippen MR) is 98.4 cm³/mol. The third kappa shape index (κ3) is 3.77. The van der Waals surface area contributed by atoms with Gasteiger partial charge in [0, 0.05) is 54.7 Å². The monoisotopic (exact) mass is 350 g/mol. The Kier molecular flexibility index (Phi) is 5.36. The number of nitrogens with zero attached hydrogens (tertiary/aromatic N) is 5. The summed E-state index contributed by atoms with van der Waals surface area (Å²) < 4.78 is 1.99. The Bertz CT molecular complexity index is 886. The molecule has 0 aliphatic heterocycles. The van der Waals surface area contributed by atoms with Gasteiger partial charge < -0.3 is 5.32 Å². The second kappa shape index (κ2) is 7.86. The second-order valence-corrected chi connectivity index (χ2v) is 6.09. The molecule has 3 rings (SSSR count). The Morgan fingerprint density at radius 1 is 1.19 bits per heavy atom. The molecule has 0 saturated carbocycles. The molecule has 0 aliphatic carbocycles. The Hall–Kier alpha value is -3.09. The van der Waals surface area contributed by atoms with E-state index in [0.717, 1.165) is 35.5 Å². The van der Waals surface area contributed by atoms with Gasteiger partial charge in [0.2, 0.25) is 0 Å². The fourth-order valence-corrected chi connectivity index (χ4v) is 2.78. The summed E-state index contributed by atoms with van der Waals surface area (Å²) in [6.45, 7) is 7.43. The van der Waals surface area contributed by atoms with Crippen molar-refractivity contribution in [3.63, 3.8) is 0 Å². The Balaban J connectivity index is 1.67. The molecule has 1 N–H and O–H groups in total. The lowest BCUT2D eigenvalue weighted by molar-refractivity contribution is 0.0950. The average Bonchev–Trinajstić information content (AvgIpc) is 2.94. The number of hydrogen-bond acceptors (Lipinski definition) is 5. The Labute approximate surface area is 152 Å². The standard InChI is InChI=1S/C19H22N6O/c1-4-8-25-14(3)17(13(2)24-25)12-23-19(26)16-10-21-18(22-11-16)15-6-5-7-20-9-15/h5-7,9-11H,4,8,12H2,1-3H3,(H,23,26). The highest BCUT2D eigenvalue weighted by Gasteiger charge is 2.13. The van der Waals surface area contributed by atoms with Crippen LogP contribution in [0.5, 0.6) is 0 Å². The summed E-state index contributed by atoms with van der Waals surface area (Å²) in [6.07, 6.45) is 7.47. The molecule has 26 heavy (non-hydrogen) atoms. The molecule has 3 heterocycles. The quantitative estimate of drug-likeness (QED) is 0.739. The molecular formula is C19H22N6O. The molecule has 134 valence electrons. The number of nitrogens with one attached hydrogen (secondary N) is 1. The summed E-state index contributed by atoms with van der Waals surface area (Å²) in [7, 11) is 0. The van der Waals surface area contributed by atoms with Crippen molar-refractivity contribution in [1.29, 1.82) is 0 Å². The maximum absolute atomic E-state index is 12.4.